The van der Waals surface area contributed by atoms with Gasteiger partial charge in [0.15, 0.2) is 0 Å². The van der Waals surface area contributed by atoms with Gasteiger partial charge < -0.3 is 19.4 Å². The van der Waals surface area contributed by atoms with Gasteiger partial charge in [0.25, 0.3) is 0 Å². The van der Waals surface area contributed by atoms with E-state index in [1.807, 2.05) is 0 Å². The van der Waals surface area contributed by atoms with Gasteiger partial charge in [0, 0.05) is 73.9 Å². The summed E-state index contributed by atoms with van der Waals surface area (Å²) in [5.74, 6) is 1.09. The summed E-state index contributed by atoms with van der Waals surface area (Å²) in [6.45, 7) is 22.2. The zero-order valence-electron chi connectivity index (χ0n) is 25.5. The van der Waals surface area contributed by atoms with Crippen molar-refractivity contribution in [3.63, 3.8) is 0 Å². The van der Waals surface area contributed by atoms with Crippen LogP contribution in [0.2, 0.25) is 0 Å². The second kappa shape index (κ2) is 15.5. The number of unbranched alkanes of at least 4 members (excludes halogenated alkanes) is 1. The molecule has 0 aliphatic carbocycles. The minimum atomic E-state index is 0.0869. The van der Waals surface area contributed by atoms with Gasteiger partial charge in [0.2, 0.25) is 0 Å². The summed E-state index contributed by atoms with van der Waals surface area (Å²) in [5, 5.41) is 0. The van der Waals surface area contributed by atoms with E-state index < -0.39 is 0 Å². The number of rotatable bonds is 16. The van der Waals surface area contributed by atoms with E-state index >= 15 is 0 Å². The van der Waals surface area contributed by atoms with Crippen molar-refractivity contribution in [3.8, 4) is 5.75 Å². The van der Waals surface area contributed by atoms with E-state index in [9.17, 15) is 0 Å². The molecule has 0 heterocycles. The Morgan fingerprint density at radius 1 is 0.538 bits per heavy atom. The lowest BCUT2D eigenvalue weighted by molar-refractivity contribution is 0.306. The van der Waals surface area contributed by atoms with Gasteiger partial charge in [-0.15, -0.1) is 0 Å². The summed E-state index contributed by atoms with van der Waals surface area (Å²) < 4.78 is 6.53. The molecule has 0 amide bonds. The van der Waals surface area contributed by atoms with Crippen LogP contribution in [-0.4, -0.2) is 45.9 Å². The van der Waals surface area contributed by atoms with Crippen LogP contribution in [0.1, 0.15) is 83.9 Å². The number of benzene rings is 3. The van der Waals surface area contributed by atoms with Crippen molar-refractivity contribution in [1.82, 2.24) is 0 Å². The average molecular weight is 530 g/mol. The molecule has 3 aromatic carbocycles. The van der Waals surface area contributed by atoms with E-state index in [-0.39, 0.29) is 5.92 Å². The molecule has 4 heteroatoms. The van der Waals surface area contributed by atoms with Gasteiger partial charge in [-0.3, -0.25) is 0 Å². The molecular weight excluding hydrogens is 478 g/mol. The highest BCUT2D eigenvalue weighted by Gasteiger charge is 2.23. The third kappa shape index (κ3) is 7.50. The van der Waals surface area contributed by atoms with Crippen LogP contribution in [0.15, 0.2) is 66.7 Å². The summed E-state index contributed by atoms with van der Waals surface area (Å²) in [5.41, 5.74) is 7.58. The fourth-order valence-electron chi connectivity index (χ4n) is 5.48. The number of hydrogen-bond donors (Lipinski definition) is 0. The van der Waals surface area contributed by atoms with Crippen LogP contribution < -0.4 is 19.4 Å². The van der Waals surface area contributed by atoms with Crippen molar-refractivity contribution in [2.75, 3.05) is 60.6 Å². The zero-order chi connectivity index (χ0) is 28.2. The molecule has 0 atom stereocenters. The summed E-state index contributed by atoms with van der Waals surface area (Å²) in [6, 6.07) is 25.2. The van der Waals surface area contributed by atoms with Crippen molar-refractivity contribution < 1.29 is 4.74 Å². The predicted molar refractivity (Wildman–Crippen MR) is 171 cm³/mol. The Morgan fingerprint density at radius 2 is 0.949 bits per heavy atom. The third-order valence-corrected chi connectivity index (χ3v) is 7.90. The molecule has 0 saturated heterocycles. The SMILES string of the molecule is CCCCOc1cc(N(CC)CC)ccc1C(c1ccc(N(CC)CC)cc1)c1ccc(N(CC)CC)cc1. The molecule has 0 spiro atoms. The van der Waals surface area contributed by atoms with Crippen molar-refractivity contribution in [3.05, 3.63) is 83.4 Å². The Labute approximate surface area is 238 Å². The van der Waals surface area contributed by atoms with Crippen molar-refractivity contribution in [2.45, 2.75) is 67.2 Å². The second-order valence-electron chi connectivity index (χ2n) is 10.1. The number of hydrogen-bond acceptors (Lipinski definition) is 4. The maximum absolute atomic E-state index is 6.53. The summed E-state index contributed by atoms with van der Waals surface area (Å²) in [4.78, 5) is 7.19. The Balaban J connectivity index is 2.15. The molecule has 0 unspecified atom stereocenters. The minimum Gasteiger partial charge on any atom is -0.493 e. The van der Waals surface area contributed by atoms with Crippen molar-refractivity contribution in [1.29, 1.82) is 0 Å². The zero-order valence-corrected chi connectivity index (χ0v) is 25.5. The monoisotopic (exact) mass is 529 g/mol. The Bertz CT molecular complexity index is 1040. The lowest BCUT2D eigenvalue weighted by Crippen LogP contribution is -2.22. The van der Waals surface area contributed by atoms with E-state index in [4.69, 9.17) is 4.74 Å². The lowest BCUT2D eigenvalue weighted by Gasteiger charge is -2.27. The van der Waals surface area contributed by atoms with Gasteiger partial charge >= 0.3 is 0 Å². The van der Waals surface area contributed by atoms with Crippen LogP contribution in [0.5, 0.6) is 5.75 Å². The third-order valence-electron chi connectivity index (χ3n) is 7.90. The average Bonchev–Trinajstić information content (AvgIpc) is 2.98. The first kappa shape index (κ1) is 30.4. The van der Waals surface area contributed by atoms with Gasteiger partial charge in [-0.2, -0.15) is 0 Å². The highest BCUT2D eigenvalue weighted by Crippen LogP contribution is 2.40. The molecule has 3 rings (SSSR count). The van der Waals surface area contributed by atoms with E-state index in [0.29, 0.717) is 0 Å². The lowest BCUT2D eigenvalue weighted by atomic mass is 9.84. The van der Waals surface area contributed by atoms with Gasteiger partial charge in [0.05, 0.1) is 6.61 Å². The molecule has 0 bridgehead atoms. The number of anilines is 3. The van der Waals surface area contributed by atoms with E-state index in [1.165, 1.54) is 33.8 Å². The molecule has 0 fully saturated rings. The first-order valence-corrected chi connectivity index (χ1v) is 15.3. The molecule has 0 aliphatic rings. The fraction of sp³-hybridized carbons (Fsp3) is 0.486. The van der Waals surface area contributed by atoms with Crippen LogP contribution in [0.3, 0.4) is 0 Å². The quantitative estimate of drug-likeness (QED) is 0.137. The van der Waals surface area contributed by atoms with Crippen LogP contribution in [-0.2, 0) is 0 Å². The van der Waals surface area contributed by atoms with Crippen LogP contribution in [0, 0.1) is 0 Å². The maximum atomic E-state index is 6.53. The van der Waals surface area contributed by atoms with Crippen LogP contribution in [0.4, 0.5) is 17.1 Å². The Morgan fingerprint density at radius 3 is 1.36 bits per heavy atom. The molecule has 0 aliphatic heterocycles. The summed E-state index contributed by atoms with van der Waals surface area (Å²) in [7, 11) is 0. The predicted octanol–water partition coefficient (Wildman–Crippen LogP) is 8.58. The van der Waals surface area contributed by atoms with Gasteiger partial charge in [0.1, 0.15) is 5.75 Å². The molecular formula is C35H51N3O. The molecule has 0 aromatic heterocycles. The summed E-state index contributed by atoms with van der Waals surface area (Å²) in [6.07, 6.45) is 2.17. The first-order valence-electron chi connectivity index (χ1n) is 15.3. The van der Waals surface area contributed by atoms with Crippen molar-refractivity contribution >= 4 is 17.1 Å². The van der Waals surface area contributed by atoms with E-state index in [2.05, 4.69) is 130 Å². The molecule has 4 nitrogen and oxygen atoms in total. The highest BCUT2D eigenvalue weighted by molar-refractivity contribution is 5.60. The second-order valence-corrected chi connectivity index (χ2v) is 10.1. The van der Waals surface area contributed by atoms with Crippen LogP contribution >= 0.6 is 0 Å². The molecule has 39 heavy (non-hydrogen) atoms. The van der Waals surface area contributed by atoms with E-state index in [1.54, 1.807) is 0 Å². The normalized spacial score (nSPS) is 11.1. The molecule has 212 valence electrons. The maximum Gasteiger partial charge on any atom is 0.125 e. The minimum absolute atomic E-state index is 0.0869. The molecule has 0 radical (unpaired) electrons. The number of ether oxygens (including phenoxy) is 1. The summed E-state index contributed by atoms with van der Waals surface area (Å²) >= 11 is 0. The first-order chi connectivity index (χ1) is 19.0. The fourth-order valence-corrected chi connectivity index (χ4v) is 5.48. The molecule has 0 N–H and O–H groups in total. The topological polar surface area (TPSA) is 19.0 Å². The van der Waals surface area contributed by atoms with Gasteiger partial charge in [-0.05, 0) is 89.4 Å². The standard InChI is InChI=1S/C35H51N3O/c1-8-15-26-39-34-27-32(38(13-6)14-7)24-25-33(34)35(28-16-20-30(21-17-28)36(9-2)10-3)29-18-22-31(23-19-29)37(11-4)12-5/h16-25,27,35H,8-15,26H2,1-7H3. The Hall–Kier alpha value is -3.14. The molecule has 3 aromatic rings. The Kier molecular flexibility index (Phi) is 12.0. The largest absolute Gasteiger partial charge is 0.493 e. The highest BCUT2D eigenvalue weighted by atomic mass is 16.5. The number of nitrogens with zero attached hydrogens (tertiary/aromatic N) is 3. The molecule has 0 saturated carbocycles. The van der Waals surface area contributed by atoms with Gasteiger partial charge in [-0.25, -0.2) is 0 Å². The smallest absolute Gasteiger partial charge is 0.125 e. The van der Waals surface area contributed by atoms with Crippen molar-refractivity contribution in [2.24, 2.45) is 0 Å². The van der Waals surface area contributed by atoms with Gasteiger partial charge in [-0.1, -0.05) is 43.7 Å². The van der Waals surface area contributed by atoms with Crippen LogP contribution in [0.25, 0.3) is 0 Å². The van der Waals surface area contributed by atoms with E-state index in [0.717, 1.165) is 64.5 Å².